The number of hydrogen-bond donors (Lipinski definition) is 2. The number of hydrogen-bond acceptors (Lipinski definition) is 3. The summed E-state index contributed by atoms with van der Waals surface area (Å²) in [7, 11) is 0. The zero-order chi connectivity index (χ0) is 10.3. The van der Waals surface area contributed by atoms with Crippen LogP contribution in [0.15, 0.2) is 12.2 Å². The van der Waals surface area contributed by atoms with Gasteiger partial charge in [-0.05, 0) is 12.8 Å². The van der Waals surface area contributed by atoms with E-state index in [-0.39, 0.29) is 0 Å². The second kappa shape index (κ2) is 6.19. The molecule has 1 heterocycles. The Kier molecular flexibility index (Phi) is 5.54. The molecule has 1 fully saturated rings. The van der Waals surface area contributed by atoms with Gasteiger partial charge >= 0.3 is 11.9 Å². The highest BCUT2D eigenvalue weighted by Crippen LogP contribution is 1.98. The van der Waals surface area contributed by atoms with Crippen molar-refractivity contribution in [3.63, 3.8) is 0 Å². The summed E-state index contributed by atoms with van der Waals surface area (Å²) in [6.45, 7) is 4.75. The minimum Gasteiger partial charge on any atom is -0.477 e. The molecule has 2 N–H and O–H groups in total. The van der Waals surface area contributed by atoms with Crippen molar-refractivity contribution in [2.45, 2.75) is 12.8 Å². The van der Waals surface area contributed by atoms with Crippen LogP contribution in [0.1, 0.15) is 12.8 Å². The van der Waals surface area contributed by atoms with Gasteiger partial charge in [0.05, 0.1) is 0 Å². The van der Waals surface area contributed by atoms with E-state index >= 15 is 0 Å². The average molecular weight is 188 g/mol. The summed E-state index contributed by atoms with van der Waals surface area (Å²) in [5.41, 5.74) is -0.815. The molecule has 0 aromatic rings. The zero-order valence-electron chi connectivity index (χ0n) is 7.15. The van der Waals surface area contributed by atoms with Crippen molar-refractivity contribution >= 4 is 11.9 Å². The number of carbonyl (C=O) groups is 2. The highest BCUT2D eigenvalue weighted by molar-refractivity contribution is 6.11. The SMILES string of the molecule is C1CCOC1.C=C(C(=O)O)C(=O)O. The lowest BCUT2D eigenvalue weighted by atomic mass is 10.3. The summed E-state index contributed by atoms with van der Waals surface area (Å²) in [6.07, 6.45) is 2.56. The average Bonchev–Trinajstić information content (AvgIpc) is 2.59. The Morgan fingerprint density at radius 3 is 1.54 bits per heavy atom. The summed E-state index contributed by atoms with van der Waals surface area (Å²) < 4.78 is 4.94. The smallest absolute Gasteiger partial charge is 0.342 e. The van der Waals surface area contributed by atoms with Crippen LogP contribution in [0.3, 0.4) is 0 Å². The van der Waals surface area contributed by atoms with E-state index in [1.165, 1.54) is 12.8 Å². The second-order valence-corrected chi connectivity index (χ2v) is 2.41. The quantitative estimate of drug-likeness (QED) is 0.374. The van der Waals surface area contributed by atoms with Crippen LogP contribution in [0.2, 0.25) is 0 Å². The summed E-state index contributed by atoms with van der Waals surface area (Å²) in [5.74, 6) is -3.00. The Bertz CT molecular complexity index is 181. The van der Waals surface area contributed by atoms with Gasteiger partial charge in [0, 0.05) is 13.2 Å². The van der Waals surface area contributed by atoms with Gasteiger partial charge in [0.1, 0.15) is 5.57 Å². The Balaban J connectivity index is 0.000000243. The zero-order valence-corrected chi connectivity index (χ0v) is 7.15. The molecule has 0 aliphatic carbocycles. The molecule has 0 bridgehead atoms. The molecule has 5 heteroatoms. The first-order valence-electron chi connectivity index (χ1n) is 3.79. The third kappa shape index (κ3) is 5.86. The fourth-order valence-corrected chi connectivity index (χ4v) is 0.602. The van der Waals surface area contributed by atoms with Crippen molar-refractivity contribution in [1.29, 1.82) is 0 Å². The van der Waals surface area contributed by atoms with Crippen molar-refractivity contribution in [3.8, 4) is 0 Å². The summed E-state index contributed by atoms with van der Waals surface area (Å²) in [4.78, 5) is 19.3. The predicted octanol–water partition coefficient (Wildman–Crippen LogP) is 0.509. The molecule has 1 aliphatic heterocycles. The molecule has 0 amide bonds. The summed E-state index contributed by atoms with van der Waals surface area (Å²) in [6, 6.07) is 0. The second-order valence-electron chi connectivity index (χ2n) is 2.41. The molecule has 0 radical (unpaired) electrons. The largest absolute Gasteiger partial charge is 0.477 e. The van der Waals surface area contributed by atoms with Gasteiger partial charge in [-0.1, -0.05) is 6.58 Å². The van der Waals surface area contributed by atoms with E-state index in [4.69, 9.17) is 14.9 Å². The van der Waals surface area contributed by atoms with Gasteiger partial charge in [-0.3, -0.25) is 0 Å². The lowest BCUT2D eigenvalue weighted by molar-refractivity contribution is -0.140. The maximum absolute atomic E-state index is 9.66. The van der Waals surface area contributed by atoms with E-state index < -0.39 is 17.5 Å². The third-order valence-electron chi connectivity index (χ3n) is 1.34. The molecule has 0 unspecified atom stereocenters. The number of rotatable bonds is 2. The molecule has 0 aromatic heterocycles. The van der Waals surface area contributed by atoms with Crippen molar-refractivity contribution < 1.29 is 24.5 Å². The molecule has 74 valence electrons. The van der Waals surface area contributed by atoms with Crippen molar-refractivity contribution in [3.05, 3.63) is 12.2 Å². The first-order chi connectivity index (χ1) is 6.05. The van der Waals surface area contributed by atoms with Gasteiger partial charge in [0.15, 0.2) is 0 Å². The molecule has 0 aromatic carbocycles. The Labute approximate surface area is 75.6 Å². The lowest BCUT2D eigenvalue weighted by Crippen LogP contribution is -2.08. The molecule has 0 saturated carbocycles. The first-order valence-corrected chi connectivity index (χ1v) is 3.79. The molecular weight excluding hydrogens is 176 g/mol. The Hall–Kier alpha value is -1.36. The molecule has 1 saturated heterocycles. The van der Waals surface area contributed by atoms with Crippen LogP contribution in [0.25, 0.3) is 0 Å². The summed E-state index contributed by atoms with van der Waals surface area (Å²) >= 11 is 0. The summed E-state index contributed by atoms with van der Waals surface area (Å²) in [5, 5.41) is 15.7. The first kappa shape index (κ1) is 11.6. The van der Waals surface area contributed by atoms with Crippen molar-refractivity contribution in [2.75, 3.05) is 13.2 Å². The highest BCUT2D eigenvalue weighted by atomic mass is 16.5. The maximum atomic E-state index is 9.66. The fraction of sp³-hybridized carbons (Fsp3) is 0.500. The number of aliphatic carboxylic acids is 2. The number of carboxylic acid groups (broad SMARTS) is 2. The van der Waals surface area contributed by atoms with Gasteiger partial charge in [-0.25, -0.2) is 9.59 Å². The predicted molar refractivity (Wildman–Crippen MR) is 44.5 cm³/mol. The number of ether oxygens (including phenoxy) is 1. The van der Waals surface area contributed by atoms with Crippen LogP contribution in [-0.4, -0.2) is 35.4 Å². The van der Waals surface area contributed by atoms with E-state index in [9.17, 15) is 9.59 Å². The third-order valence-corrected chi connectivity index (χ3v) is 1.34. The van der Waals surface area contributed by atoms with E-state index in [2.05, 4.69) is 6.58 Å². The Morgan fingerprint density at radius 1 is 1.08 bits per heavy atom. The van der Waals surface area contributed by atoms with Crippen LogP contribution in [-0.2, 0) is 14.3 Å². The standard InChI is InChI=1S/C4H4O4.C4H8O/c1-2(3(5)6)4(7)8;1-2-4-5-3-1/h1H2,(H,5,6)(H,7,8);1-4H2. The molecule has 1 rings (SSSR count). The number of carboxylic acids is 2. The highest BCUT2D eigenvalue weighted by Gasteiger charge is 2.10. The van der Waals surface area contributed by atoms with Crippen LogP contribution in [0.4, 0.5) is 0 Å². The fourth-order valence-electron chi connectivity index (χ4n) is 0.602. The molecule has 0 atom stereocenters. The molecule has 0 spiro atoms. The monoisotopic (exact) mass is 188 g/mol. The van der Waals surface area contributed by atoms with Gasteiger partial charge in [0.25, 0.3) is 0 Å². The van der Waals surface area contributed by atoms with Crippen LogP contribution >= 0.6 is 0 Å². The maximum Gasteiger partial charge on any atom is 0.342 e. The normalized spacial score (nSPS) is 14.2. The topological polar surface area (TPSA) is 83.8 Å². The van der Waals surface area contributed by atoms with Crippen LogP contribution < -0.4 is 0 Å². The molecule has 5 nitrogen and oxygen atoms in total. The van der Waals surface area contributed by atoms with E-state index in [1.807, 2.05) is 0 Å². The van der Waals surface area contributed by atoms with Crippen molar-refractivity contribution in [1.82, 2.24) is 0 Å². The van der Waals surface area contributed by atoms with E-state index in [0.717, 1.165) is 13.2 Å². The Morgan fingerprint density at radius 2 is 1.46 bits per heavy atom. The van der Waals surface area contributed by atoms with Crippen LogP contribution in [0, 0.1) is 0 Å². The molecule has 13 heavy (non-hydrogen) atoms. The van der Waals surface area contributed by atoms with E-state index in [1.54, 1.807) is 0 Å². The van der Waals surface area contributed by atoms with Gasteiger partial charge in [-0.2, -0.15) is 0 Å². The minimum absolute atomic E-state index is 0.815. The molecular formula is C8H12O5. The molecule has 1 aliphatic rings. The van der Waals surface area contributed by atoms with Gasteiger partial charge in [-0.15, -0.1) is 0 Å². The van der Waals surface area contributed by atoms with E-state index in [0.29, 0.717) is 0 Å². The van der Waals surface area contributed by atoms with Gasteiger partial charge in [0.2, 0.25) is 0 Å². The van der Waals surface area contributed by atoms with Crippen molar-refractivity contribution in [2.24, 2.45) is 0 Å². The minimum atomic E-state index is -1.50. The van der Waals surface area contributed by atoms with Gasteiger partial charge < -0.3 is 14.9 Å². The lowest BCUT2D eigenvalue weighted by Gasteiger charge is -1.86. The van der Waals surface area contributed by atoms with Crippen LogP contribution in [0.5, 0.6) is 0 Å².